The molecule has 1 aromatic carbocycles. The average Bonchev–Trinajstić information content (AvgIpc) is 2.85. The van der Waals surface area contributed by atoms with Gasteiger partial charge in [-0.2, -0.15) is 0 Å². The lowest BCUT2D eigenvalue weighted by atomic mass is 9.87. The van der Waals surface area contributed by atoms with E-state index >= 15 is 0 Å². The molecule has 1 aliphatic carbocycles. The molecule has 3 atom stereocenters. The standard InChI is InChI=1S/C25H37IN2O8/c1-15(2)5-7-28(22(31)14-34-3)19-11-17(25(33)27-6-8-29)12-20(23(19)32)36-24-18(26)9-16(13-30)10-21(24)35-4/h9-10,12,15,19-20,23,29-30,32H,5-8,11,13-14H2,1-4H3,(H,27,33). The van der Waals surface area contributed by atoms with Gasteiger partial charge in [0.15, 0.2) is 11.5 Å². The Kier molecular flexibility index (Phi) is 12.4. The highest BCUT2D eigenvalue weighted by Gasteiger charge is 2.40. The number of benzene rings is 1. The fraction of sp³-hybridized carbons (Fsp3) is 0.600. The maximum Gasteiger partial charge on any atom is 0.248 e. The van der Waals surface area contributed by atoms with E-state index in [0.29, 0.717) is 45.1 Å². The number of methoxy groups -OCH3 is 2. The number of nitrogens with zero attached hydrogens (tertiary/aromatic N) is 1. The summed E-state index contributed by atoms with van der Waals surface area (Å²) in [6, 6.07) is 2.64. The fourth-order valence-corrected chi connectivity index (χ4v) is 4.77. The van der Waals surface area contributed by atoms with Gasteiger partial charge in [-0.05, 0) is 58.7 Å². The molecule has 4 N–H and O–H groups in total. The van der Waals surface area contributed by atoms with Crippen molar-refractivity contribution in [3.05, 3.63) is 32.9 Å². The normalized spacial score (nSPS) is 19.6. The molecule has 0 fully saturated rings. The Morgan fingerprint density at radius 3 is 2.56 bits per heavy atom. The van der Waals surface area contributed by atoms with Crippen LogP contribution in [0.3, 0.4) is 0 Å². The van der Waals surface area contributed by atoms with Gasteiger partial charge in [-0.1, -0.05) is 13.8 Å². The van der Waals surface area contributed by atoms with Gasteiger partial charge in [0.25, 0.3) is 0 Å². The molecule has 0 aliphatic heterocycles. The quantitative estimate of drug-likeness (QED) is 0.242. The second-order valence-electron chi connectivity index (χ2n) is 8.99. The first-order valence-electron chi connectivity index (χ1n) is 11.9. The van der Waals surface area contributed by atoms with E-state index in [-0.39, 0.29) is 38.7 Å². The van der Waals surface area contributed by atoms with Crippen molar-refractivity contribution in [3.8, 4) is 11.5 Å². The number of carbonyl (C=O) groups is 2. The van der Waals surface area contributed by atoms with Crippen LogP contribution in [0.1, 0.15) is 32.3 Å². The molecular formula is C25H37IN2O8. The van der Waals surface area contributed by atoms with Crippen LogP contribution in [0, 0.1) is 9.49 Å². The van der Waals surface area contributed by atoms with Crippen LogP contribution in [-0.2, 0) is 20.9 Å². The summed E-state index contributed by atoms with van der Waals surface area (Å²) in [4.78, 5) is 27.4. The van der Waals surface area contributed by atoms with Crippen LogP contribution >= 0.6 is 22.6 Å². The van der Waals surface area contributed by atoms with Gasteiger partial charge in [0.05, 0.1) is 29.9 Å². The Morgan fingerprint density at radius 1 is 1.25 bits per heavy atom. The number of aliphatic hydroxyl groups excluding tert-OH is 3. The first-order chi connectivity index (χ1) is 17.2. The SMILES string of the molecule is COCC(=O)N(CCC(C)C)C1CC(C(=O)NCCO)=CC(Oc2c(I)cc(CO)cc2OC)C1O. The minimum atomic E-state index is -1.15. The van der Waals surface area contributed by atoms with Crippen molar-refractivity contribution in [1.82, 2.24) is 10.2 Å². The van der Waals surface area contributed by atoms with Crippen LogP contribution in [-0.4, -0.2) is 90.8 Å². The Labute approximate surface area is 225 Å². The second-order valence-corrected chi connectivity index (χ2v) is 10.1. The van der Waals surface area contributed by atoms with E-state index in [9.17, 15) is 19.8 Å². The summed E-state index contributed by atoms with van der Waals surface area (Å²) >= 11 is 2.05. The summed E-state index contributed by atoms with van der Waals surface area (Å²) in [6.45, 7) is 3.98. The van der Waals surface area contributed by atoms with Crippen LogP contribution < -0.4 is 14.8 Å². The number of ether oxygens (including phenoxy) is 3. The molecule has 202 valence electrons. The molecular weight excluding hydrogens is 583 g/mol. The van der Waals surface area contributed by atoms with Gasteiger partial charge in [-0.3, -0.25) is 9.59 Å². The third-order valence-corrected chi connectivity index (χ3v) is 6.68. The summed E-state index contributed by atoms with van der Waals surface area (Å²) in [5.74, 6) is 0.331. The zero-order valence-corrected chi connectivity index (χ0v) is 23.4. The molecule has 2 rings (SSSR count). The smallest absolute Gasteiger partial charge is 0.248 e. The van der Waals surface area contributed by atoms with Crippen molar-refractivity contribution in [2.75, 3.05) is 40.5 Å². The summed E-state index contributed by atoms with van der Waals surface area (Å²) in [5.41, 5.74) is 0.972. The highest BCUT2D eigenvalue weighted by Crippen LogP contribution is 2.37. The maximum atomic E-state index is 13.0. The molecule has 0 heterocycles. The minimum Gasteiger partial charge on any atom is -0.493 e. The molecule has 3 unspecified atom stereocenters. The zero-order valence-electron chi connectivity index (χ0n) is 21.2. The van der Waals surface area contributed by atoms with Crippen molar-refractivity contribution in [2.45, 2.75) is 51.5 Å². The first-order valence-corrected chi connectivity index (χ1v) is 12.9. The molecule has 11 heteroatoms. The number of hydrogen-bond acceptors (Lipinski definition) is 8. The Hall–Kier alpha value is -1.93. The third-order valence-electron chi connectivity index (χ3n) is 5.88. The third kappa shape index (κ3) is 8.04. The van der Waals surface area contributed by atoms with E-state index in [1.54, 1.807) is 23.1 Å². The lowest BCUT2D eigenvalue weighted by Crippen LogP contribution is -2.56. The van der Waals surface area contributed by atoms with E-state index in [0.717, 1.165) is 0 Å². The summed E-state index contributed by atoms with van der Waals surface area (Å²) < 4.78 is 17.4. The molecule has 1 aliphatic rings. The molecule has 0 bridgehead atoms. The zero-order chi connectivity index (χ0) is 26.8. The molecule has 2 amide bonds. The van der Waals surface area contributed by atoms with Gasteiger partial charge in [-0.15, -0.1) is 0 Å². The molecule has 0 spiro atoms. The van der Waals surface area contributed by atoms with Crippen LogP contribution in [0.25, 0.3) is 0 Å². The summed E-state index contributed by atoms with van der Waals surface area (Å²) in [5, 5.41) is 32.7. The van der Waals surface area contributed by atoms with E-state index in [1.807, 2.05) is 13.8 Å². The monoisotopic (exact) mass is 620 g/mol. The molecule has 10 nitrogen and oxygen atoms in total. The number of halogens is 1. The molecule has 1 aromatic rings. The van der Waals surface area contributed by atoms with Gasteiger partial charge >= 0.3 is 0 Å². The van der Waals surface area contributed by atoms with Crippen molar-refractivity contribution >= 4 is 34.4 Å². The molecule has 36 heavy (non-hydrogen) atoms. The summed E-state index contributed by atoms with van der Waals surface area (Å²) in [7, 11) is 2.90. The number of hydrogen-bond donors (Lipinski definition) is 4. The lowest BCUT2D eigenvalue weighted by Gasteiger charge is -2.41. The lowest BCUT2D eigenvalue weighted by molar-refractivity contribution is -0.142. The number of aliphatic hydroxyl groups is 3. The maximum absolute atomic E-state index is 13.0. The van der Waals surface area contributed by atoms with Gasteiger partial charge < -0.3 is 39.7 Å². The minimum absolute atomic E-state index is 0.0724. The molecule has 0 radical (unpaired) electrons. The number of amides is 2. The highest BCUT2D eigenvalue weighted by molar-refractivity contribution is 14.1. The molecule has 0 saturated heterocycles. The molecule has 0 aromatic heterocycles. The number of carbonyl (C=O) groups excluding carboxylic acids is 2. The van der Waals surface area contributed by atoms with Gasteiger partial charge in [-0.25, -0.2) is 0 Å². The van der Waals surface area contributed by atoms with E-state index in [1.165, 1.54) is 14.2 Å². The largest absolute Gasteiger partial charge is 0.493 e. The topological polar surface area (TPSA) is 138 Å². The second kappa shape index (κ2) is 14.7. The molecule has 0 saturated carbocycles. The van der Waals surface area contributed by atoms with Crippen LogP contribution in [0.15, 0.2) is 23.8 Å². The Morgan fingerprint density at radius 2 is 1.97 bits per heavy atom. The van der Waals surface area contributed by atoms with Crippen LogP contribution in [0.5, 0.6) is 11.5 Å². The van der Waals surface area contributed by atoms with Crippen molar-refractivity contribution < 1.29 is 39.1 Å². The van der Waals surface area contributed by atoms with Crippen molar-refractivity contribution in [1.29, 1.82) is 0 Å². The van der Waals surface area contributed by atoms with Crippen molar-refractivity contribution in [2.24, 2.45) is 5.92 Å². The predicted octanol–water partition coefficient (Wildman–Crippen LogP) is 1.23. The predicted molar refractivity (Wildman–Crippen MR) is 142 cm³/mol. The average molecular weight is 620 g/mol. The van der Waals surface area contributed by atoms with Gasteiger partial charge in [0, 0.05) is 32.2 Å². The number of nitrogens with one attached hydrogen (secondary N) is 1. The highest BCUT2D eigenvalue weighted by atomic mass is 127. The van der Waals surface area contributed by atoms with Gasteiger partial charge in [0.2, 0.25) is 11.8 Å². The fourth-order valence-electron chi connectivity index (χ4n) is 3.97. The summed E-state index contributed by atoms with van der Waals surface area (Å²) in [6.07, 6.45) is 0.242. The Balaban J connectivity index is 2.48. The van der Waals surface area contributed by atoms with E-state index in [4.69, 9.17) is 19.3 Å². The van der Waals surface area contributed by atoms with E-state index in [2.05, 4.69) is 27.9 Å². The van der Waals surface area contributed by atoms with Crippen molar-refractivity contribution in [3.63, 3.8) is 0 Å². The van der Waals surface area contributed by atoms with Crippen LogP contribution in [0.2, 0.25) is 0 Å². The number of rotatable bonds is 13. The van der Waals surface area contributed by atoms with Crippen LogP contribution in [0.4, 0.5) is 0 Å². The first kappa shape index (κ1) is 30.3. The Bertz CT molecular complexity index is 924. The van der Waals surface area contributed by atoms with E-state index < -0.39 is 24.2 Å². The van der Waals surface area contributed by atoms with Gasteiger partial charge in [0.1, 0.15) is 18.8 Å².